The zero-order valence-electron chi connectivity index (χ0n) is 11.8. The summed E-state index contributed by atoms with van der Waals surface area (Å²) in [5.74, 6) is -1.25. The number of carbonyl (C=O) groups is 2. The van der Waals surface area contributed by atoms with Gasteiger partial charge in [-0.15, -0.1) is 0 Å². The van der Waals surface area contributed by atoms with E-state index < -0.39 is 31.2 Å². The lowest BCUT2D eigenvalue weighted by molar-refractivity contribution is -0.140. The van der Waals surface area contributed by atoms with Crippen molar-refractivity contribution in [1.82, 2.24) is 5.32 Å². The zero-order valence-corrected chi connectivity index (χ0v) is 11.8. The molecular weight excluding hydrogens is 307 g/mol. The second-order valence-electron chi connectivity index (χ2n) is 4.04. The van der Waals surface area contributed by atoms with E-state index in [2.05, 4.69) is 4.74 Å². The summed E-state index contributed by atoms with van der Waals surface area (Å²) in [5, 5.41) is 1.58. The number of rotatable bonds is 6. The molecule has 1 aromatic carbocycles. The van der Waals surface area contributed by atoms with E-state index in [9.17, 15) is 22.8 Å². The summed E-state index contributed by atoms with van der Waals surface area (Å²) in [6.45, 7) is -2.30. The molecule has 0 bridgehead atoms. The molecule has 1 rings (SSSR count). The van der Waals surface area contributed by atoms with Crippen LogP contribution in [0.15, 0.2) is 18.2 Å². The molecule has 122 valence electrons. The number of hydrogen-bond acceptors (Lipinski definition) is 5. The highest BCUT2D eigenvalue weighted by Gasteiger charge is 2.27. The Labute approximate surface area is 124 Å². The largest absolute Gasteiger partial charge is 0.493 e. The van der Waals surface area contributed by atoms with Crippen LogP contribution in [-0.2, 0) is 9.53 Å². The van der Waals surface area contributed by atoms with Gasteiger partial charge < -0.3 is 19.5 Å². The highest BCUT2D eigenvalue weighted by Crippen LogP contribution is 2.27. The summed E-state index contributed by atoms with van der Waals surface area (Å²) in [6, 6.07) is 4.16. The quantitative estimate of drug-likeness (QED) is 0.805. The van der Waals surface area contributed by atoms with Gasteiger partial charge >= 0.3 is 12.1 Å². The van der Waals surface area contributed by atoms with E-state index in [0.29, 0.717) is 5.75 Å². The second-order valence-corrected chi connectivity index (χ2v) is 4.04. The summed E-state index contributed by atoms with van der Waals surface area (Å²) in [7, 11) is 2.79. The van der Waals surface area contributed by atoms with Crippen LogP contribution in [0.2, 0.25) is 0 Å². The fourth-order valence-electron chi connectivity index (χ4n) is 1.43. The fourth-order valence-corrected chi connectivity index (χ4v) is 1.43. The lowest BCUT2D eigenvalue weighted by atomic mass is 10.2. The van der Waals surface area contributed by atoms with Gasteiger partial charge in [0.25, 0.3) is 5.91 Å². The Bertz CT molecular complexity index is 545. The van der Waals surface area contributed by atoms with Crippen LogP contribution in [0.4, 0.5) is 13.2 Å². The molecule has 0 atom stereocenters. The van der Waals surface area contributed by atoms with Crippen molar-refractivity contribution >= 4 is 11.9 Å². The maximum absolute atomic E-state index is 11.9. The van der Waals surface area contributed by atoms with Crippen LogP contribution in [0, 0.1) is 0 Å². The molecule has 22 heavy (non-hydrogen) atoms. The minimum absolute atomic E-state index is 0.0706. The van der Waals surface area contributed by atoms with E-state index in [1.165, 1.54) is 32.4 Å². The summed E-state index contributed by atoms with van der Waals surface area (Å²) in [4.78, 5) is 22.8. The number of nitrogens with one attached hydrogen (secondary N) is 1. The standard InChI is InChI=1S/C13H14F3NO5/c1-20-9-4-3-8(5-10(9)21-2)12(19)22-6-11(18)17-7-13(14,15)16/h3-5H,6-7H2,1-2H3,(H,17,18). The molecular formula is C13H14F3NO5. The van der Waals surface area contributed by atoms with Gasteiger partial charge in [0.15, 0.2) is 18.1 Å². The van der Waals surface area contributed by atoms with Gasteiger partial charge in [-0.25, -0.2) is 4.79 Å². The Hall–Kier alpha value is -2.45. The first-order valence-corrected chi connectivity index (χ1v) is 5.99. The number of methoxy groups -OCH3 is 2. The second kappa shape index (κ2) is 7.53. The number of alkyl halides is 3. The van der Waals surface area contributed by atoms with E-state index in [0.717, 1.165) is 0 Å². The minimum atomic E-state index is -4.52. The third-order valence-electron chi connectivity index (χ3n) is 2.44. The summed E-state index contributed by atoms with van der Waals surface area (Å²) >= 11 is 0. The number of halogens is 3. The van der Waals surface area contributed by atoms with Crippen molar-refractivity contribution in [1.29, 1.82) is 0 Å². The average molecular weight is 321 g/mol. The van der Waals surface area contributed by atoms with Crippen LogP contribution in [0.1, 0.15) is 10.4 Å². The van der Waals surface area contributed by atoms with Crippen molar-refractivity contribution in [2.45, 2.75) is 6.18 Å². The van der Waals surface area contributed by atoms with E-state index in [-0.39, 0.29) is 11.3 Å². The third kappa shape index (κ3) is 5.51. The number of esters is 1. The van der Waals surface area contributed by atoms with Crippen LogP contribution in [-0.4, -0.2) is 45.4 Å². The maximum atomic E-state index is 11.9. The monoisotopic (exact) mass is 321 g/mol. The van der Waals surface area contributed by atoms with E-state index >= 15 is 0 Å². The van der Waals surface area contributed by atoms with Crippen LogP contribution in [0.5, 0.6) is 11.5 Å². The number of amides is 1. The van der Waals surface area contributed by atoms with Crippen molar-refractivity contribution in [2.24, 2.45) is 0 Å². The first-order chi connectivity index (χ1) is 10.3. The highest BCUT2D eigenvalue weighted by molar-refractivity contribution is 5.92. The maximum Gasteiger partial charge on any atom is 0.405 e. The van der Waals surface area contributed by atoms with Crippen LogP contribution in [0.3, 0.4) is 0 Å². The molecule has 0 spiro atoms. The normalized spacial score (nSPS) is 10.8. The first kappa shape index (κ1) is 17.6. The van der Waals surface area contributed by atoms with E-state index in [4.69, 9.17) is 9.47 Å². The molecule has 6 nitrogen and oxygen atoms in total. The lowest BCUT2D eigenvalue weighted by Gasteiger charge is -2.10. The van der Waals surface area contributed by atoms with Crippen LogP contribution < -0.4 is 14.8 Å². The Morgan fingerprint density at radius 2 is 1.77 bits per heavy atom. The van der Waals surface area contributed by atoms with Crippen molar-refractivity contribution < 1.29 is 37.0 Å². The van der Waals surface area contributed by atoms with Gasteiger partial charge in [0, 0.05) is 0 Å². The predicted octanol–water partition coefficient (Wildman–Crippen LogP) is 1.54. The van der Waals surface area contributed by atoms with Crippen molar-refractivity contribution in [3.8, 4) is 11.5 Å². The lowest BCUT2D eigenvalue weighted by Crippen LogP contribution is -2.36. The van der Waals surface area contributed by atoms with Gasteiger partial charge in [-0.05, 0) is 18.2 Å². The van der Waals surface area contributed by atoms with Gasteiger partial charge in [-0.1, -0.05) is 0 Å². The third-order valence-corrected chi connectivity index (χ3v) is 2.44. The number of ether oxygens (including phenoxy) is 3. The molecule has 0 unspecified atom stereocenters. The number of hydrogen-bond donors (Lipinski definition) is 1. The summed E-state index contributed by atoms with van der Waals surface area (Å²) < 4.78 is 50.2. The molecule has 1 aromatic rings. The molecule has 0 aromatic heterocycles. The molecule has 1 amide bonds. The number of carbonyl (C=O) groups excluding carboxylic acids is 2. The fraction of sp³-hybridized carbons (Fsp3) is 0.385. The van der Waals surface area contributed by atoms with Gasteiger partial charge in [0.1, 0.15) is 6.54 Å². The molecule has 0 saturated heterocycles. The molecule has 0 fully saturated rings. The SMILES string of the molecule is COc1ccc(C(=O)OCC(=O)NCC(F)(F)F)cc1OC. The molecule has 9 heteroatoms. The number of benzene rings is 1. The predicted molar refractivity (Wildman–Crippen MR) is 68.9 cm³/mol. The molecule has 0 radical (unpaired) electrons. The molecule has 0 aliphatic heterocycles. The molecule has 1 N–H and O–H groups in total. The Kier molecular flexibility index (Phi) is 6.02. The van der Waals surface area contributed by atoms with E-state index in [1.807, 2.05) is 0 Å². The Morgan fingerprint density at radius 3 is 2.32 bits per heavy atom. The zero-order chi connectivity index (χ0) is 16.8. The van der Waals surface area contributed by atoms with Crippen molar-refractivity contribution in [3.63, 3.8) is 0 Å². The van der Waals surface area contributed by atoms with Crippen molar-refractivity contribution in [2.75, 3.05) is 27.4 Å². The van der Waals surface area contributed by atoms with E-state index in [1.54, 1.807) is 5.32 Å². The summed E-state index contributed by atoms with van der Waals surface area (Å²) in [5.41, 5.74) is 0.0706. The minimum Gasteiger partial charge on any atom is -0.493 e. The Morgan fingerprint density at radius 1 is 1.14 bits per heavy atom. The molecule has 0 saturated carbocycles. The van der Waals surface area contributed by atoms with Gasteiger partial charge in [0.05, 0.1) is 19.8 Å². The first-order valence-electron chi connectivity index (χ1n) is 5.99. The van der Waals surface area contributed by atoms with Crippen molar-refractivity contribution in [3.05, 3.63) is 23.8 Å². The van der Waals surface area contributed by atoms with Gasteiger partial charge in [-0.2, -0.15) is 13.2 Å². The van der Waals surface area contributed by atoms with Crippen LogP contribution >= 0.6 is 0 Å². The average Bonchev–Trinajstić information content (AvgIpc) is 2.49. The smallest absolute Gasteiger partial charge is 0.405 e. The topological polar surface area (TPSA) is 73.9 Å². The molecule has 0 heterocycles. The van der Waals surface area contributed by atoms with Gasteiger partial charge in [0.2, 0.25) is 0 Å². The highest BCUT2D eigenvalue weighted by atomic mass is 19.4. The molecule has 0 aliphatic rings. The van der Waals surface area contributed by atoms with Gasteiger partial charge in [-0.3, -0.25) is 4.79 Å². The Balaban J connectivity index is 2.57. The summed E-state index contributed by atoms with van der Waals surface area (Å²) in [6.07, 6.45) is -4.52. The molecule has 0 aliphatic carbocycles. The van der Waals surface area contributed by atoms with Crippen LogP contribution in [0.25, 0.3) is 0 Å².